The second-order valence-corrected chi connectivity index (χ2v) is 7.18. The summed E-state index contributed by atoms with van der Waals surface area (Å²) in [7, 11) is 0. The highest BCUT2D eigenvalue weighted by molar-refractivity contribution is 5.99. The largest absolute Gasteiger partial charge is 0.462 e. The van der Waals surface area contributed by atoms with Gasteiger partial charge in [-0.3, -0.25) is 9.68 Å². The van der Waals surface area contributed by atoms with Crippen molar-refractivity contribution in [3.8, 4) is 0 Å². The van der Waals surface area contributed by atoms with Gasteiger partial charge in [-0.15, -0.1) is 0 Å². The van der Waals surface area contributed by atoms with Gasteiger partial charge >= 0.3 is 11.9 Å². The van der Waals surface area contributed by atoms with E-state index in [1.165, 1.54) is 12.8 Å². The van der Waals surface area contributed by atoms with Crippen molar-refractivity contribution in [2.24, 2.45) is 5.41 Å². The van der Waals surface area contributed by atoms with E-state index < -0.39 is 17.4 Å². The van der Waals surface area contributed by atoms with Crippen molar-refractivity contribution >= 4 is 11.9 Å². The third-order valence-electron chi connectivity index (χ3n) is 5.63. The van der Waals surface area contributed by atoms with Crippen molar-refractivity contribution in [2.75, 3.05) is 0 Å². The van der Waals surface area contributed by atoms with E-state index in [-0.39, 0.29) is 12.2 Å². The number of hydrogen-bond donors (Lipinski definition) is 0. The molecule has 0 N–H and O–H groups in total. The monoisotopic (exact) mass is 340 g/mol. The standard InChI is InChI=1S/C19H32O5/c1-3-19(4-2,17(20)22-15-11-7-5-8-12-15)18(21)24-23-16-13-9-6-10-14-16/h15-16H,3-14H2,1-2H3. The fourth-order valence-corrected chi connectivity index (χ4v) is 3.71. The van der Waals surface area contributed by atoms with Crippen LogP contribution in [-0.4, -0.2) is 24.1 Å². The maximum Gasteiger partial charge on any atom is 0.359 e. The molecule has 0 spiro atoms. The molecule has 0 aliphatic heterocycles. The number of ether oxygens (including phenoxy) is 1. The molecule has 138 valence electrons. The topological polar surface area (TPSA) is 61.8 Å². The molecule has 0 aromatic carbocycles. The Morgan fingerprint density at radius 3 is 1.79 bits per heavy atom. The van der Waals surface area contributed by atoms with Crippen LogP contribution in [0.15, 0.2) is 0 Å². The average Bonchev–Trinajstić information content (AvgIpc) is 2.63. The molecule has 0 aromatic heterocycles. The van der Waals surface area contributed by atoms with Crippen LogP contribution in [-0.2, 0) is 24.1 Å². The van der Waals surface area contributed by atoms with Gasteiger partial charge < -0.3 is 4.74 Å². The lowest BCUT2D eigenvalue weighted by atomic mass is 9.82. The van der Waals surface area contributed by atoms with Crippen LogP contribution in [0.5, 0.6) is 0 Å². The van der Waals surface area contributed by atoms with E-state index in [0.717, 1.165) is 51.4 Å². The quantitative estimate of drug-likeness (QED) is 0.296. The van der Waals surface area contributed by atoms with Gasteiger partial charge in [0.25, 0.3) is 0 Å². The van der Waals surface area contributed by atoms with Crippen LogP contribution in [0, 0.1) is 5.41 Å². The molecule has 2 aliphatic rings. The minimum atomic E-state index is -1.24. The summed E-state index contributed by atoms with van der Waals surface area (Å²) in [6.45, 7) is 3.65. The van der Waals surface area contributed by atoms with Gasteiger partial charge in [-0.05, 0) is 51.4 Å². The number of carbonyl (C=O) groups is 2. The van der Waals surface area contributed by atoms with Crippen molar-refractivity contribution in [1.82, 2.24) is 0 Å². The predicted octanol–water partition coefficient (Wildman–Crippen LogP) is 4.48. The van der Waals surface area contributed by atoms with Crippen LogP contribution < -0.4 is 0 Å². The Morgan fingerprint density at radius 1 is 0.792 bits per heavy atom. The maximum atomic E-state index is 12.7. The van der Waals surface area contributed by atoms with Gasteiger partial charge in [0.05, 0.1) is 0 Å². The van der Waals surface area contributed by atoms with Gasteiger partial charge in [0.2, 0.25) is 0 Å². The van der Waals surface area contributed by atoms with Crippen molar-refractivity contribution in [2.45, 2.75) is 103 Å². The Kier molecular flexibility index (Phi) is 7.53. The van der Waals surface area contributed by atoms with E-state index in [4.69, 9.17) is 14.5 Å². The number of carbonyl (C=O) groups excluding carboxylic acids is 2. The van der Waals surface area contributed by atoms with Crippen LogP contribution in [0.2, 0.25) is 0 Å². The zero-order valence-corrected chi connectivity index (χ0v) is 15.2. The molecule has 2 rings (SSSR count). The normalized spacial score (nSPS) is 20.6. The van der Waals surface area contributed by atoms with E-state index in [9.17, 15) is 9.59 Å². The second kappa shape index (κ2) is 9.40. The molecule has 0 saturated heterocycles. The Bertz CT molecular complexity index is 404. The molecule has 0 aromatic rings. The van der Waals surface area contributed by atoms with Gasteiger partial charge in [-0.2, -0.15) is 4.89 Å². The molecular weight excluding hydrogens is 308 g/mol. The molecule has 0 bridgehead atoms. The molecule has 24 heavy (non-hydrogen) atoms. The summed E-state index contributed by atoms with van der Waals surface area (Å²) in [5, 5.41) is 0. The Balaban J connectivity index is 1.93. The molecule has 5 nitrogen and oxygen atoms in total. The first-order valence-electron chi connectivity index (χ1n) is 9.71. The van der Waals surface area contributed by atoms with Crippen LogP contribution >= 0.6 is 0 Å². The smallest absolute Gasteiger partial charge is 0.359 e. The summed E-state index contributed by atoms with van der Waals surface area (Å²) in [4.78, 5) is 35.8. The lowest BCUT2D eigenvalue weighted by molar-refractivity contribution is -0.309. The maximum absolute atomic E-state index is 12.7. The molecule has 0 atom stereocenters. The lowest BCUT2D eigenvalue weighted by Gasteiger charge is -2.30. The average molecular weight is 340 g/mol. The summed E-state index contributed by atoms with van der Waals surface area (Å²) in [5.41, 5.74) is -1.24. The Morgan fingerprint density at radius 2 is 1.29 bits per heavy atom. The van der Waals surface area contributed by atoms with Crippen molar-refractivity contribution < 1.29 is 24.1 Å². The van der Waals surface area contributed by atoms with Crippen LogP contribution in [0.1, 0.15) is 90.9 Å². The van der Waals surface area contributed by atoms with Gasteiger partial charge in [-0.25, -0.2) is 4.79 Å². The highest BCUT2D eigenvalue weighted by Gasteiger charge is 2.48. The third kappa shape index (κ3) is 4.71. The number of hydrogen-bond acceptors (Lipinski definition) is 5. The zero-order valence-electron chi connectivity index (χ0n) is 15.2. The summed E-state index contributed by atoms with van der Waals surface area (Å²) in [5.74, 6) is -1.05. The molecule has 0 amide bonds. The van der Waals surface area contributed by atoms with E-state index in [2.05, 4.69) is 0 Å². The number of rotatable bonds is 7. The first kappa shape index (κ1) is 19.2. The van der Waals surface area contributed by atoms with E-state index >= 15 is 0 Å². The highest BCUT2D eigenvalue weighted by Crippen LogP contribution is 2.33. The molecule has 0 unspecified atom stereocenters. The second-order valence-electron chi connectivity index (χ2n) is 7.18. The first-order valence-corrected chi connectivity index (χ1v) is 9.71. The van der Waals surface area contributed by atoms with Gasteiger partial charge in [-0.1, -0.05) is 39.5 Å². The van der Waals surface area contributed by atoms with Crippen molar-refractivity contribution in [3.05, 3.63) is 0 Å². The number of esters is 1. The highest BCUT2D eigenvalue weighted by atomic mass is 17.2. The Hall–Kier alpha value is -1.10. The van der Waals surface area contributed by atoms with Gasteiger partial charge in [0.1, 0.15) is 12.2 Å². The van der Waals surface area contributed by atoms with E-state index in [1.54, 1.807) is 0 Å². The van der Waals surface area contributed by atoms with Crippen LogP contribution in [0.3, 0.4) is 0 Å². The van der Waals surface area contributed by atoms with Crippen LogP contribution in [0.25, 0.3) is 0 Å². The van der Waals surface area contributed by atoms with E-state index in [0.29, 0.717) is 12.8 Å². The Labute approximate surface area is 145 Å². The first-order chi connectivity index (χ1) is 11.6. The fourth-order valence-electron chi connectivity index (χ4n) is 3.71. The summed E-state index contributed by atoms with van der Waals surface area (Å²) < 4.78 is 5.66. The zero-order chi connectivity index (χ0) is 17.4. The fraction of sp³-hybridized carbons (Fsp3) is 0.895. The van der Waals surface area contributed by atoms with Gasteiger partial charge in [0.15, 0.2) is 5.41 Å². The molecule has 2 saturated carbocycles. The molecule has 2 aliphatic carbocycles. The summed E-state index contributed by atoms with van der Waals surface area (Å²) >= 11 is 0. The van der Waals surface area contributed by atoms with Gasteiger partial charge in [0, 0.05) is 0 Å². The summed E-state index contributed by atoms with van der Waals surface area (Å²) in [6.07, 6.45) is 11.0. The predicted molar refractivity (Wildman–Crippen MR) is 90.0 cm³/mol. The molecule has 5 heteroatoms. The SMILES string of the molecule is CCC(CC)(C(=O)OOC1CCCCC1)C(=O)OC1CCCCC1. The minimum absolute atomic E-state index is 0.0384. The molecule has 0 heterocycles. The molecule has 0 radical (unpaired) electrons. The minimum Gasteiger partial charge on any atom is -0.462 e. The summed E-state index contributed by atoms with van der Waals surface area (Å²) in [6, 6.07) is 0. The molecule has 2 fully saturated rings. The lowest BCUT2D eigenvalue weighted by Crippen LogP contribution is -2.43. The van der Waals surface area contributed by atoms with E-state index in [1.807, 2.05) is 13.8 Å². The third-order valence-corrected chi connectivity index (χ3v) is 5.63. The van der Waals surface area contributed by atoms with Crippen LogP contribution in [0.4, 0.5) is 0 Å². The molecular formula is C19H32O5. The van der Waals surface area contributed by atoms with Crippen molar-refractivity contribution in [1.29, 1.82) is 0 Å². The van der Waals surface area contributed by atoms with Crippen molar-refractivity contribution in [3.63, 3.8) is 0 Å².